The number of hydrogen-bond acceptors (Lipinski definition) is 1. The summed E-state index contributed by atoms with van der Waals surface area (Å²) in [6, 6.07) is 17.8. The average Bonchev–Trinajstić information content (AvgIpc) is 2.41. The van der Waals surface area contributed by atoms with Gasteiger partial charge in [0.2, 0.25) is 0 Å². The standard InChI is InChI=1S/C18H21N/c1-2-11-19-13-17-9-5-3-7-15(17)12-16-8-4-6-10-18(16)14-19/h3-10H,2,11-14H2,1H3. The predicted molar refractivity (Wildman–Crippen MR) is 80.1 cm³/mol. The van der Waals surface area contributed by atoms with Crippen molar-refractivity contribution in [2.75, 3.05) is 6.54 Å². The summed E-state index contributed by atoms with van der Waals surface area (Å²) in [6.45, 7) is 5.59. The van der Waals surface area contributed by atoms with E-state index < -0.39 is 0 Å². The molecule has 1 aliphatic heterocycles. The Kier molecular flexibility index (Phi) is 3.65. The minimum atomic E-state index is 1.08. The molecular weight excluding hydrogens is 230 g/mol. The van der Waals surface area contributed by atoms with Gasteiger partial charge in [0.05, 0.1) is 0 Å². The highest BCUT2D eigenvalue weighted by Crippen LogP contribution is 2.24. The molecule has 2 aromatic carbocycles. The second-order valence-electron chi connectivity index (χ2n) is 5.42. The molecule has 1 nitrogen and oxygen atoms in total. The van der Waals surface area contributed by atoms with Crippen molar-refractivity contribution >= 4 is 0 Å². The molecule has 0 radical (unpaired) electrons. The molecule has 0 saturated carbocycles. The molecule has 2 aromatic rings. The summed E-state index contributed by atoms with van der Waals surface area (Å²) in [5, 5.41) is 0. The van der Waals surface area contributed by atoms with Gasteiger partial charge in [-0.3, -0.25) is 4.90 Å². The predicted octanol–water partition coefficient (Wildman–Crippen LogP) is 4.00. The molecular formula is C18H21N. The van der Waals surface area contributed by atoms with E-state index in [4.69, 9.17) is 0 Å². The second kappa shape index (κ2) is 5.58. The van der Waals surface area contributed by atoms with Crippen LogP contribution in [-0.4, -0.2) is 11.4 Å². The lowest BCUT2D eigenvalue weighted by atomic mass is 9.94. The van der Waals surface area contributed by atoms with E-state index in [-0.39, 0.29) is 0 Å². The molecule has 0 aromatic heterocycles. The van der Waals surface area contributed by atoms with Gasteiger partial charge in [0.15, 0.2) is 0 Å². The van der Waals surface area contributed by atoms with Crippen LogP contribution in [0.25, 0.3) is 0 Å². The Balaban J connectivity index is 2.02. The van der Waals surface area contributed by atoms with Crippen molar-refractivity contribution in [3.8, 4) is 0 Å². The van der Waals surface area contributed by atoms with Crippen LogP contribution in [0.1, 0.15) is 35.6 Å². The lowest BCUT2D eigenvalue weighted by Gasteiger charge is -2.27. The number of fused-ring (bicyclic) bond motifs is 2. The fourth-order valence-electron chi connectivity index (χ4n) is 2.99. The normalized spacial score (nSPS) is 15.2. The molecule has 0 unspecified atom stereocenters. The summed E-state index contributed by atoms with van der Waals surface area (Å²) < 4.78 is 0. The fraction of sp³-hybridized carbons (Fsp3) is 0.333. The van der Waals surface area contributed by atoms with Crippen LogP contribution >= 0.6 is 0 Å². The quantitative estimate of drug-likeness (QED) is 0.779. The van der Waals surface area contributed by atoms with E-state index >= 15 is 0 Å². The fourth-order valence-corrected chi connectivity index (χ4v) is 2.99. The van der Waals surface area contributed by atoms with Gasteiger partial charge in [0.1, 0.15) is 0 Å². The first-order valence-corrected chi connectivity index (χ1v) is 7.22. The lowest BCUT2D eigenvalue weighted by Crippen LogP contribution is -2.26. The van der Waals surface area contributed by atoms with Crippen molar-refractivity contribution < 1.29 is 0 Å². The Morgan fingerprint density at radius 3 is 1.74 bits per heavy atom. The van der Waals surface area contributed by atoms with E-state index in [1.54, 1.807) is 0 Å². The van der Waals surface area contributed by atoms with Crippen LogP contribution in [0.15, 0.2) is 48.5 Å². The van der Waals surface area contributed by atoms with Gasteiger partial charge in [-0.25, -0.2) is 0 Å². The van der Waals surface area contributed by atoms with Crippen molar-refractivity contribution in [2.24, 2.45) is 0 Å². The molecule has 0 bridgehead atoms. The second-order valence-corrected chi connectivity index (χ2v) is 5.42. The van der Waals surface area contributed by atoms with Gasteiger partial charge in [0.25, 0.3) is 0 Å². The number of rotatable bonds is 2. The Hall–Kier alpha value is -1.60. The third-order valence-corrected chi connectivity index (χ3v) is 3.95. The summed E-state index contributed by atoms with van der Waals surface area (Å²) in [4.78, 5) is 2.57. The maximum absolute atomic E-state index is 2.57. The molecule has 3 rings (SSSR count). The van der Waals surface area contributed by atoms with Crippen molar-refractivity contribution in [1.82, 2.24) is 4.90 Å². The number of benzene rings is 2. The van der Waals surface area contributed by atoms with Crippen LogP contribution in [0.5, 0.6) is 0 Å². The highest BCUT2D eigenvalue weighted by Gasteiger charge is 2.15. The zero-order chi connectivity index (χ0) is 13.1. The Morgan fingerprint density at radius 2 is 1.26 bits per heavy atom. The summed E-state index contributed by atoms with van der Waals surface area (Å²) in [6.07, 6.45) is 2.29. The molecule has 0 saturated heterocycles. The molecule has 0 spiro atoms. The third kappa shape index (κ3) is 2.71. The van der Waals surface area contributed by atoms with Crippen molar-refractivity contribution in [3.05, 3.63) is 70.8 Å². The molecule has 1 heterocycles. The largest absolute Gasteiger partial charge is 0.295 e. The summed E-state index contributed by atoms with van der Waals surface area (Å²) in [7, 11) is 0. The van der Waals surface area contributed by atoms with Gasteiger partial charge in [-0.15, -0.1) is 0 Å². The Bertz CT molecular complexity index is 512. The van der Waals surface area contributed by atoms with Crippen LogP contribution in [0.2, 0.25) is 0 Å². The number of nitrogens with zero attached hydrogens (tertiary/aromatic N) is 1. The minimum absolute atomic E-state index is 1.08. The van der Waals surface area contributed by atoms with Gasteiger partial charge in [-0.05, 0) is 41.6 Å². The lowest BCUT2D eigenvalue weighted by molar-refractivity contribution is 0.254. The van der Waals surface area contributed by atoms with E-state index in [1.165, 1.54) is 35.2 Å². The van der Waals surface area contributed by atoms with Crippen molar-refractivity contribution in [2.45, 2.75) is 32.9 Å². The van der Waals surface area contributed by atoms with Crippen molar-refractivity contribution in [3.63, 3.8) is 0 Å². The van der Waals surface area contributed by atoms with Gasteiger partial charge >= 0.3 is 0 Å². The highest BCUT2D eigenvalue weighted by atomic mass is 15.1. The summed E-state index contributed by atoms with van der Waals surface area (Å²) >= 11 is 0. The first kappa shape index (κ1) is 12.4. The van der Waals surface area contributed by atoms with Crippen LogP contribution in [0.4, 0.5) is 0 Å². The monoisotopic (exact) mass is 251 g/mol. The molecule has 1 aliphatic rings. The van der Waals surface area contributed by atoms with Crippen molar-refractivity contribution in [1.29, 1.82) is 0 Å². The first-order chi connectivity index (χ1) is 9.36. The van der Waals surface area contributed by atoms with Gasteiger partial charge < -0.3 is 0 Å². The number of hydrogen-bond donors (Lipinski definition) is 0. The topological polar surface area (TPSA) is 3.24 Å². The van der Waals surface area contributed by atoms with Crippen LogP contribution in [-0.2, 0) is 19.5 Å². The van der Waals surface area contributed by atoms with E-state index in [0.717, 1.165) is 19.5 Å². The molecule has 0 amide bonds. The van der Waals surface area contributed by atoms with E-state index in [0.29, 0.717) is 0 Å². The van der Waals surface area contributed by atoms with E-state index in [1.807, 2.05) is 0 Å². The molecule has 19 heavy (non-hydrogen) atoms. The molecule has 98 valence electrons. The van der Waals surface area contributed by atoms with E-state index in [9.17, 15) is 0 Å². The SMILES string of the molecule is CCCN1Cc2ccccc2Cc2ccccc2C1. The molecule has 0 aliphatic carbocycles. The molecule has 1 heteroatoms. The highest BCUT2D eigenvalue weighted by molar-refractivity contribution is 5.37. The van der Waals surface area contributed by atoms with Gasteiger partial charge in [0, 0.05) is 13.1 Å². The molecule has 0 fully saturated rings. The smallest absolute Gasteiger partial charge is 0.0240 e. The van der Waals surface area contributed by atoms with E-state index in [2.05, 4.69) is 60.4 Å². The van der Waals surface area contributed by atoms with Gasteiger partial charge in [-0.1, -0.05) is 55.5 Å². The molecule has 0 N–H and O–H groups in total. The van der Waals surface area contributed by atoms with Crippen LogP contribution in [0, 0.1) is 0 Å². The summed E-state index contributed by atoms with van der Waals surface area (Å²) in [5.74, 6) is 0. The Labute approximate surface area is 115 Å². The first-order valence-electron chi connectivity index (χ1n) is 7.22. The maximum atomic E-state index is 2.57. The third-order valence-electron chi connectivity index (χ3n) is 3.95. The maximum Gasteiger partial charge on any atom is 0.0240 e. The minimum Gasteiger partial charge on any atom is -0.295 e. The van der Waals surface area contributed by atoms with Crippen LogP contribution in [0.3, 0.4) is 0 Å². The van der Waals surface area contributed by atoms with Crippen LogP contribution < -0.4 is 0 Å². The molecule has 0 atom stereocenters. The average molecular weight is 251 g/mol. The zero-order valence-corrected chi connectivity index (χ0v) is 11.6. The van der Waals surface area contributed by atoms with Gasteiger partial charge in [-0.2, -0.15) is 0 Å². The Morgan fingerprint density at radius 1 is 0.789 bits per heavy atom. The zero-order valence-electron chi connectivity index (χ0n) is 11.6. The summed E-state index contributed by atoms with van der Waals surface area (Å²) in [5.41, 5.74) is 5.95.